The van der Waals surface area contributed by atoms with Gasteiger partial charge < -0.3 is 4.57 Å². The van der Waals surface area contributed by atoms with Crippen LogP contribution < -0.4 is 5.43 Å². The Labute approximate surface area is 84.7 Å². The van der Waals surface area contributed by atoms with Crippen LogP contribution in [0, 0.1) is 0 Å². The van der Waals surface area contributed by atoms with E-state index in [1.165, 1.54) is 4.88 Å². The molecule has 0 amide bonds. The van der Waals surface area contributed by atoms with Gasteiger partial charge in [0.05, 0.1) is 11.2 Å². The van der Waals surface area contributed by atoms with Crippen LogP contribution >= 0.6 is 11.3 Å². The van der Waals surface area contributed by atoms with Gasteiger partial charge in [0.15, 0.2) is 5.43 Å². The van der Waals surface area contributed by atoms with Gasteiger partial charge in [-0.15, -0.1) is 11.3 Å². The topological polar surface area (TPSA) is 34.9 Å². The molecule has 1 aliphatic rings. The highest BCUT2D eigenvalue weighted by Crippen LogP contribution is 2.29. The van der Waals surface area contributed by atoms with Crippen molar-refractivity contribution in [3.05, 3.63) is 38.9 Å². The Kier molecular flexibility index (Phi) is 1.58. The molecule has 0 atom stereocenters. The third-order valence-electron chi connectivity index (χ3n) is 2.47. The van der Waals surface area contributed by atoms with Crippen LogP contribution in [0.25, 0.3) is 11.4 Å². The summed E-state index contributed by atoms with van der Waals surface area (Å²) in [6.07, 6.45) is 2.87. The Morgan fingerprint density at radius 3 is 3.36 bits per heavy atom. The van der Waals surface area contributed by atoms with Crippen molar-refractivity contribution in [2.75, 3.05) is 0 Å². The van der Waals surface area contributed by atoms with Crippen LogP contribution in [-0.2, 0) is 13.0 Å². The van der Waals surface area contributed by atoms with Gasteiger partial charge in [0.2, 0.25) is 0 Å². The molecule has 0 N–H and O–H groups in total. The first-order valence-corrected chi connectivity index (χ1v) is 5.36. The summed E-state index contributed by atoms with van der Waals surface area (Å²) in [7, 11) is 0. The lowest BCUT2D eigenvalue weighted by atomic mass is 10.1. The summed E-state index contributed by atoms with van der Waals surface area (Å²) >= 11 is 1.67. The number of hydrogen-bond donors (Lipinski definition) is 0. The average molecular weight is 204 g/mol. The van der Waals surface area contributed by atoms with Crippen molar-refractivity contribution in [2.45, 2.75) is 13.0 Å². The second-order valence-electron chi connectivity index (χ2n) is 3.32. The Bertz CT molecular complexity index is 541. The van der Waals surface area contributed by atoms with Gasteiger partial charge in [-0.05, 0) is 0 Å². The Morgan fingerprint density at radius 1 is 1.50 bits per heavy atom. The van der Waals surface area contributed by atoms with Gasteiger partial charge in [0.25, 0.3) is 0 Å². The third kappa shape index (κ3) is 1.04. The molecule has 2 aromatic rings. The summed E-state index contributed by atoms with van der Waals surface area (Å²) in [5.41, 5.74) is 3.84. The first kappa shape index (κ1) is 7.94. The number of aromatic nitrogens is 2. The molecule has 4 heteroatoms. The highest BCUT2D eigenvalue weighted by Gasteiger charge is 2.17. The minimum Gasteiger partial charge on any atom is -0.346 e. The Morgan fingerprint density at radius 2 is 2.43 bits per heavy atom. The molecule has 70 valence electrons. The van der Waals surface area contributed by atoms with E-state index >= 15 is 0 Å². The van der Waals surface area contributed by atoms with E-state index in [-0.39, 0.29) is 5.43 Å². The van der Waals surface area contributed by atoms with E-state index in [0.29, 0.717) is 0 Å². The number of aryl methyl sites for hydroxylation is 2. The van der Waals surface area contributed by atoms with Crippen LogP contribution in [0.15, 0.2) is 28.6 Å². The molecule has 3 nitrogen and oxygen atoms in total. The molecule has 0 radical (unpaired) electrons. The maximum atomic E-state index is 11.2. The van der Waals surface area contributed by atoms with E-state index in [4.69, 9.17) is 0 Å². The molecule has 0 aliphatic carbocycles. The molecular weight excluding hydrogens is 196 g/mol. The van der Waals surface area contributed by atoms with Crippen molar-refractivity contribution in [2.24, 2.45) is 0 Å². The van der Waals surface area contributed by atoms with Gasteiger partial charge in [-0.25, -0.2) is 4.98 Å². The van der Waals surface area contributed by atoms with Crippen molar-refractivity contribution < 1.29 is 0 Å². The Balaban J connectivity index is 2.34. The van der Waals surface area contributed by atoms with E-state index in [2.05, 4.69) is 9.55 Å². The quantitative estimate of drug-likeness (QED) is 0.652. The number of hydrogen-bond acceptors (Lipinski definition) is 3. The minimum absolute atomic E-state index is 0.0529. The predicted octanol–water partition coefficient (Wildman–Crippen LogP) is 1.53. The second-order valence-corrected chi connectivity index (χ2v) is 4.25. The molecule has 3 heterocycles. The van der Waals surface area contributed by atoms with Crippen molar-refractivity contribution in [1.82, 2.24) is 9.55 Å². The molecule has 0 saturated carbocycles. The zero-order valence-electron chi connectivity index (χ0n) is 7.43. The molecule has 0 unspecified atom stereocenters. The molecule has 1 aliphatic heterocycles. The van der Waals surface area contributed by atoms with Crippen molar-refractivity contribution in [3.63, 3.8) is 0 Å². The lowest BCUT2D eigenvalue weighted by Gasteiger charge is -2.17. The highest BCUT2D eigenvalue weighted by atomic mass is 32.1. The summed E-state index contributed by atoms with van der Waals surface area (Å²) in [6, 6.07) is 3.26. The van der Waals surface area contributed by atoms with Gasteiger partial charge >= 0.3 is 0 Å². The van der Waals surface area contributed by atoms with E-state index in [9.17, 15) is 4.79 Å². The largest absolute Gasteiger partial charge is 0.346 e. The molecule has 0 aromatic carbocycles. The molecule has 3 rings (SSSR count). The summed E-state index contributed by atoms with van der Waals surface area (Å²) in [5.74, 6) is 0. The molecular formula is C10H8N2OS. The lowest BCUT2D eigenvalue weighted by Crippen LogP contribution is -2.14. The summed E-state index contributed by atoms with van der Waals surface area (Å²) in [4.78, 5) is 16.8. The van der Waals surface area contributed by atoms with Crippen LogP contribution in [0.4, 0.5) is 0 Å². The number of nitrogens with zero attached hydrogens (tertiary/aromatic N) is 2. The number of fused-ring (bicyclic) bond motifs is 3. The zero-order valence-corrected chi connectivity index (χ0v) is 8.25. The number of rotatable bonds is 0. The minimum atomic E-state index is 0.0529. The maximum absolute atomic E-state index is 11.2. The lowest BCUT2D eigenvalue weighted by molar-refractivity contribution is 0.682. The van der Waals surface area contributed by atoms with Gasteiger partial charge in [-0.2, -0.15) is 0 Å². The fourth-order valence-corrected chi connectivity index (χ4v) is 2.55. The van der Waals surface area contributed by atoms with Gasteiger partial charge in [-0.1, -0.05) is 0 Å². The first-order valence-electron chi connectivity index (χ1n) is 4.48. The predicted molar refractivity (Wildman–Crippen MR) is 55.5 cm³/mol. The monoisotopic (exact) mass is 204 g/mol. The SMILES string of the molecule is O=c1ccn2c(c1)-c1ncsc1CC2. The molecule has 0 saturated heterocycles. The fourth-order valence-electron chi connectivity index (χ4n) is 1.79. The highest BCUT2D eigenvalue weighted by molar-refractivity contribution is 7.10. The van der Waals surface area contributed by atoms with Gasteiger partial charge in [0, 0.05) is 36.2 Å². The zero-order chi connectivity index (χ0) is 9.54. The van der Waals surface area contributed by atoms with E-state index in [1.54, 1.807) is 23.5 Å². The van der Waals surface area contributed by atoms with E-state index in [0.717, 1.165) is 24.4 Å². The van der Waals surface area contributed by atoms with Gasteiger partial charge in [-0.3, -0.25) is 4.79 Å². The average Bonchev–Trinajstić information content (AvgIpc) is 2.65. The normalized spacial score (nSPS) is 13.4. The van der Waals surface area contributed by atoms with Crippen molar-refractivity contribution in [1.29, 1.82) is 0 Å². The Hall–Kier alpha value is -1.42. The van der Waals surface area contributed by atoms with Crippen molar-refractivity contribution >= 4 is 11.3 Å². The molecule has 2 aromatic heterocycles. The third-order valence-corrected chi connectivity index (χ3v) is 3.36. The van der Waals surface area contributed by atoms with Gasteiger partial charge in [0.1, 0.15) is 5.69 Å². The first-order chi connectivity index (χ1) is 6.84. The fraction of sp³-hybridized carbons (Fsp3) is 0.200. The van der Waals surface area contributed by atoms with E-state index < -0.39 is 0 Å². The number of thiazole rings is 1. The second kappa shape index (κ2) is 2.78. The molecule has 0 fully saturated rings. The van der Waals surface area contributed by atoms with Crippen LogP contribution in [0.5, 0.6) is 0 Å². The molecule has 0 bridgehead atoms. The maximum Gasteiger partial charge on any atom is 0.182 e. The number of pyridine rings is 1. The summed E-state index contributed by atoms with van der Waals surface area (Å²) < 4.78 is 2.09. The molecule has 0 spiro atoms. The smallest absolute Gasteiger partial charge is 0.182 e. The van der Waals surface area contributed by atoms with Crippen LogP contribution in [0.3, 0.4) is 0 Å². The summed E-state index contributed by atoms with van der Waals surface area (Å²) in [5, 5.41) is 0. The summed E-state index contributed by atoms with van der Waals surface area (Å²) in [6.45, 7) is 0.949. The molecule has 14 heavy (non-hydrogen) atoms. The van der Waals surface area contributed by atoms with Crippen LogP contribution in [0.1, 0.15) is 4.88 Å². The van der Waals surface area contributed by atoms with Crippen LogP contribution in [0.2, 0.25) is 0 Å². The van der Waals surface area contributed by atoms with Crippen LogP contribution in [-0.4, -0.2) is 9.55 Å². The van der Waals surface area contributed by atoms with E-state index in [1.807, 2.05) is 11.7 Å². The van der Waals surface area contributed by atoms with Crippen molar-refractivity contribution in [3.8, 4) is 11.4 Å². The standard InChI is InChI=1S/C10H8N2OS/c13-7-1-3-12-4-2-9-10(8(12)5-7)11-6-14-9/h1,3,5-6H,2,4H2.